The fraction of sp³-hybridized carbons (Fsp3) is 0.364. The van der Waals surface area contributed by atoms with Gasteiger partial charge in [-0.15, -0.1) is 0 Å². The van der Waals surface area contributed by atoms with E-state index in [0.717, 1.165) is 62.1 Å². The first-order valence-corrected chi connectivity index (χ1v) is 16.1. The lowest BCUT2D eigenvalue weighted by Gasteiger charge is -2.45. The van der Waals surface area contributed by atoms with Crippen molar-refractivity contribution in [3.63, 3.8) is 0 Å². The fourth-order valence-electron chi connectivity index (χ4n) is 6.42. The van der Waals surface area contributed by atoms with Crippen LogP contribution in [-0.4, -0.2) is 70.1 Å². The van der Waals surface area contributed by atoms with E-state index in [1.54, 1.807) is 36.7 Å². The first kappa shape index (κ1) is 30.1. The van der Waals surface area contributed by atoms with Gasteiger partial charge in [-0.3, -0.25) is 24.1 Å². The molecule has 2 aliphatic heterocycles. The number of benzene rings is 2. The summed E-state index contributed by atoms with van der Waals surface area (Å²) in [7, 11) is 0. The molecule has 0 amide bonds. The zero-order chi connectivity index (χ0) is 29.9. The van der Waals surface area contributed by atoms with Crippen LogP contribution in [0, 0.1) is 0 Å². The molecule has 2 aromatic carbocycles. The SMILES string of the molecule is CC[C@H]1CN(c2[nH+]cc(-c3nccn3C(=O)c3ccc(Cl)cc3)cc2Cl)CCN1C1CCN(Cc2ccc(Cl)cc2)CC1. The average molecular weight is 639 g/mol. The molecule has 2 aromatic heterocycles. The van der Waals surface area contributed by atoms with Crippen molar-refractivity contribution in [3.05, 3.63) is 99.4 Å². The number of aromatic amines is 1. The van der Waals surface area contributed by atoms with Gasteiger partial charge in [0.25, 0.3) is 11.7 Å². The summed E-state index contributed by atoms with van der Waals surface area (Å²) in [5.41, 5.74) is 2.60. The second-order valence-electron chi connectivity index (χ2n) is 11.4. The number of nitrogens with one attached hydrogen (secondary N) is 1. The van der Waals surface area contributed by atoms with Crippen LogP contribution in [0.5, 0.6) is 0 Å². The van der Waals surface area contributed by atoms with Gasteiger partial charge < -0.3 is 0 Å². The van der Waals surface area contributed by atoms with Gasteiger partial charge in [-0.2, -0.15) is 0 Å². The molecule has 224 valence electrons. The number of hydrogen-bond donors (Lipinski definition) is 0. The van der Waals surface area contributed by atoms with Gasteiger partial charge in [0.05, 0.1) is 18.3 Å². The van der Waals surface area contributed by atoms with Crippen LogP contribution in [0.2, 0.25) is 15.1 Å². The standard InChI is InChI=1S/C33H35Cl3N6O/c1-2-28-22-40(17-18-41(28)29-11-14-39(15-12-29)21-23-3-7-26(34)8-4-23)32-30(36)19-25(20-38-32)31-37-13-16-42(31)33(43)24-5-9-27(35)10-6-24/h3-10,13,16,19-20,28-29H,2,11-12,14-15,17-18,21-22H2,1H3/p+1/t28-/m0/s1. The maximum atomic E-state index is 13.2. The molecule has 0 spiro atoms. The Bertz CT molecular complexity index is 1550. The van der Waals surface area contributed by atoms with Gasteiger partial charge in [0.2, 0.25) is 0 Å². The predicted molar refractivity (Wildman–Crippen MR) is 173 cm³/mol. The van der Waals surface area contributed by atoms with Gasteiger partial charge in [-0.1, -0.05) is 53.9 Å². The summed E-state index contributed by atoms with van der Waals surface area (Å²) in [6, 6.07) is 18.0. The molecule has 2 aliphatic rings. The van der Waals surface area contributed by atoms with Crippen molar-refractivity contribution in [3.8, 4) is 11.4 Å². The van der Waals surface area contributed by atoms with Crippen molar-refractivity contribution in [1.29, 1.82) is 0 Å². The summed E-state index contributed by atoms with van der Waals surface area (Å²) in [5, 5.41) is 1.99. The second kappa shape index (κ2) is 13.4. The Kier molecular flexibility index (Phi) is 9.36. The van der Waals surface area contributed by atoms with Crippen molar-refractivity contribution in [2.75, 3.05) is 37.6 Å². The molecule has 0 aliphatic carbocycles. The molecule has 10 heteroatoms. The Hall–Kier alpha value is -2.94. The van der Waals surface area contributed by atoms with Gasteiger partial charge >= 0.3 is 0 Å². The van der Waals surface area contributed by atoms with E-state index in [-0.39, 0.29) is 5.91 Å². The molecule has 43 heavy (non-hydrogen) atoms. The fourth-order valence-corrected chi connectivity index (χ4v) is 6.96. The van der Waals surface area contributed by atoms with E-state index < -0.39 is 0 Å². The Morgan fingerprint density at radius 3 is 2.33 bits per heavy atom. The van der Waals surface area contributed by atoms with Crippen molar-refractivity contribution in [1.82, 2.24) is 19.4 Å². The monoisotopic (exact) mass is 637 g/mol. The summed E-state index contributed by atoms with van der Waals surface area (Å²) in [6.07, 6.45) is 8.64. The van der Waals surface area contributed by atoms with Crippen LogP contribution in [0.3, 0.4) is 0 Å². The number of carbonyl (C=O) groups excluding carboxylic acids is 1. The first-order chi connectivity index (χ1) is 20.9. The number of likely N-dealkylation sites (tertiary alicyclic amines) is 1. The number of anilines is 1. The summed E-state index contributed by atoms with van der Waals surface area (Å²) >= 11 is 18.9. The van der Waals surface area contributed by atoms with Crippen LogP contribution >= 0.6 is 34.8 Å². The van der Waals surface area contributed by atoms with Crippen molar-refractivity contribution < 1.29 is 9.78 Å². The number of halogens is 3. The summed E-state index contributed by atoms with van der Waals surface area (Å²) in [4.78, 5) is 28.7. The maximum Gasteiger partial charge on any atom is 0.293 e. The van der Waals surface area contributed by atoms with E-state index in [1.165, 1.54) is 23.0 Å². The molecule has 7 nitrogen and oxygen atoms in total. The lowest BCUT2D eigenvalue weighted by molar-refractivity contribution is -0.363. The lowest BCUT2D eigenvalue weighted by atomic mass is 9.98. The normalized spacial score (nSPS) is 18.7. The number of nitrogens with zero attached hydrogens (tertiary/aromatic N) is 5. The minimum atomic E-state index is -0.179. The van der Waals surface area contributed by atoms with E-state index in [2.05, 4.69) is 43.7 Å². The molecular formula is C33H36Cl3N6O+. The molecule has 2 fully saturated rings. The van der Waals surface area contributed by atoms with Crippen molar-refractivity contribution >= 4 is 46.5 Å². The number of rotatable bonds is 7. The van der Waals surface area contributed by atoms with E-state index in [0.29, 0.717) is 33.5 Å². The van der Waals surface area contributed by atoms with Gasteiger partial charge in [-0.25, -0.2) is 9.97 Å². The number of pyridine rings is 1. The number of piperazine rings is 1. The first-order valence-electron chi connectivity index (χ1n) is 14.9. The van der Waals surface area contributed by atoms with Gasteiger partial charge in [0.15, 0.2) is 5.82 Å². The number of H-pyrrole nitrogens is 1. The summed E-state index contributed by atoms with van der Waals surface area (Å²) in [5.74, 6) is 1.26. The van der Waals surface area contributed by atoms with Gasteiger partial charge in [-0.05, 0) is 80.4 Å². The van der Waals surface area contributed by atoms with E-state index >= 15 is 0 Å². The van der Waals surface area contributed by atoms with Crippen molar-refractivity contribution in [2.24, 2.45) is 0 Å². The van der Waals surface area contributed by atoms with Crippen LogP contribution in [0.4, 0.5) is 5.82 Å². The van der Waals surface area contributed by atoms with Gasteiger partial charge in [0.1, 0.15) is 11.6 Å². The second-order valence-corrected chi connectivity index (χ2v) is 12.7. The molecule has 2 saturated heterocycles. The highest BCUT2D eigenvalue weighted by Gasteiger charge is 2.37. The number of imidazole rings is 1. The van der Waals surface area contributed by atoms with Crippen LogP contribution < -0.4 is 9.88 Å². The van der Waals surface area contributed by atoms with Gasteiger partial charge in [0, 0.05) is 53.2 Å². The highest BCUT2D eigenvalue weighted by atomic mass is 35.5. The summed E-state index contributed by atoms with van der Waals surface area (Å²) in [6.45, 7) is 8.31. The van der Waals surface area contributed by atoms with E-state index in [9.17, 15) is 4.79 Å². The molecule has 6 rings (SSSR count). The topological polar surface area (TPSA) is 58.8 Å². The highest BCUT2D eigenvalue weighted by Crippen LogP contribution is 2.30. The largest absolute Gasteiger partial charge is 0.299 e. The van der Waals surface area contributed by atoms with Crippen LogP contribution in [-0.2, 0) is 6.54 Å². The van der Waals surface area contributed by atoms with Crippen LogP contribution in [0.15, 0.2) is 73.2 Å². The third-order valence-electron chi connectivity index (χ3n) is 8.74. The highest BCUT2D eigenvalue weighted by molar-refractivity contribution is 6.33. The smallest absolute Gasteiger partial charge is 0.293 e. The minimum absolute atomic E-state index is 0.179. The third-order valence-corrected chi connectivity index (χ3v) is 9.54. The third kappa shape index (κ3) is 6.76. The lowest BCUT2D eigenvalue weighted by Crippen LogP contribution is -2.59. The molecule has 1 N–H and O–H groups in total. The molecule has 0 unspecified atom stereocenters. The number of carbonyl (C=O) groups is 1. The summed E-state index contributed by atoms with van der Waals surface area (Å²) < 4.78 is 1.54. The average Bonchev–Trinajstić information content (AvgIpc) is 3.52. The molecule has 0 saturated carbocycles. The Morgan fingerprint density at radius 1 is 0.953 bits per heavy atom. The molecule has 1 atom stereocenters. The Labute approximate surface area is 268 Å². The molecule has 4 aromatic rings. The molecule has 0 radical (unpaired) electrons. The number of aromatic nitrogens is 3. The number of piperidine rings is 1. The molecule has 0 bridgehead atoms. The molecule has 4 heterocycles. The zero-order valence-corrected chi connectivity index (χ0v) is 26.5. The van der Waals surface area contributed by atoms with Crippen LogP contribution in [0.1, 0.15) is 42.1 Å². The Balaban J connectivity index is 1.09. The molecular weight excluding hydrogens is 603 g/mol. The zero-order valence-electron chi connectivity index (χ0n) is 24.2. The Morgan fingerprint density at radius 2 is 1.65 bits per heavy atom. The maximum absolute atomic E-state index is 13.2. The quantitative estimate of drug-likeness (QED) is 0.229. The van der Waals surface area contributed by atoms with E-state index in [4.69, 9.17) is 34.8 Å². The predicted octanol–water partition coefficient (Wildman–Crippen LogP) is 6.58. The minimum Gasteiger partial charge on any atom is -0.299 e. The van der Waals surface area contributed by atoms with E-state index in [1.807, 2.05) is 24.4 Å². The number of hydrogen-bond acceptors (Lipinski definition) is 5. The van der Waals surface area contributed by atoms with Crippen LogP contribution in [0.25, 0.3) is 11.4 Å². The van der Waals surface area contributed by atoms with Crippen molar-refractivity contribution in [2.45, 2.75) is 44.8 Å².